The van der Waals surface area contributed by atoms with E-state index in [1.807, 2.05) is 35.7 Å². The highest BCUT2D eigenvalue weighted by atomic mass is 35.5. The molecule has 1 nitrogen and oxygen atoms in total. The van der Waals surface area contributed by atoms with Crippen LogP contribution in [-0.4, -0.2) is 7.11 Å². The molecule has 0 aliphatic carbocycles. The van der Waals surface area contributed by atoms with Crippen LogP contribution in [0.2, 0.25) is 5.02 Å². The molecule has 0 fully saturated rings. The first-order valence-corrected chi connectivity index (χ1v) is 6.89. The summed E-state index contributed by atoms with van der Waals surface area (Å²) in [5.74, 6) is 0.863. The van der Waals surface area contributed by atoms with Crippen molar-refractivity contribution in [1.29, 1.82) is 0 Å². The van der Waals surface area contributed by atoms with Crippen molar-refractivity contribution in [1.82, 2.24) is 0 Å². The highest BCUT2D eigenvalue weighted by Crippen LogP contribution is 2.33. The largest absolute Gasteiger partial charge is 0.496 e. The van der Waals surface area contributed by atoms with Crippen molar-refractivity contribution in [2.45, 2.75) is 11.8 Å². The van der Waals surface area contributed by atoms with Gasteiger partial charge >= 0.3 is 0 Å². The first kappa shape index (κ1) is 12.7. The molecule has 1 heterocycles. The minimum atomic E-state index is -0.0395. The van der Waals surface area contributed by atoms with Gasteiger partial charge in [-0.15, -0.1) is 22.9 Å². The highest BCUT2D eigenvalue weighted by Gasteiger charge is 2.12. The van der Waals surface area contributed by atoms with Crippen LogP contribution in [0.15, 0.2) is 35.7 Å². The lowest BCUT2D eigenvalue weighted by atomic mass is 10.1. The van der Waals surface area contributed by atoms with Crippen LogP contribution >= 0.6 is 34.5 Å². The standard InChI is InChI=1S/C13H12Cl2OS/c1-16-11-7-13(17-8-11)12(15)6-9-3-2-4-10(14)5-9/h2-5,7-8,12H,6H2,1H3. The number of thiophene rings is 1. The Kier molecular flexibility index (Phi) is 4.32. The fraction of sp³-hybridized carbons (Fsp3) is 0.231. The molecule has 2 aromatic rings. The number of hydrogen-bond acceptors (Lipinski definition) is 2. The third-order valence-corrected chi connectivity index (χ3v) is 4.22. The topological polar surface area (TPSA) is 9.23 Å². The molecule has 0 saturated heterocycles. The maximum absolute atomic E-state index is 6.38. The Hall–Kier alpha value is -0.700. The number of benzene rings is 1. The molecule has 0 amide bonds. The van der Waals surface area contributed by atoms with Crippen molar-refractivity contribution >= 4 is 34.5 Å². The van der Waals surface area contributed by atoms with Gasteiger partial charge in [0.2, 0.25) is 0 Å². The molecular formula is C13H12Cl2OS. The predicted molar refractivity (Wildman–Crippen MR) is 74.6 cm³/mol. The highest BCUT2D eigenvalue weighted by molar-refractivity contribution is 7.10. The molecule has 0 radical (unpaired) electrons. The number of halogens is 2. The van der Waals surface area contributed by atoms with Gasteiger partial charge in [-0.05, 0) is 30.2 Å². The molecule has 4 heteroatoms. The SMILES string of the molecule is COc1csc(C(Cl)Cc2cccc(Cl)c2)c1. The van der Waals surface area contributed by atoms with Gasteiger partial charge in [0.1, 0.15) is 5.75 Å². The van der Waals surface area contributed by atoms with Gasteiger partial charge in [0.05, 0.1) is 12.5 Å². The third-order valence-electron chi connectivity index (χ3n) is 2.44. The summed E-state index contributed by atoms with van der Waals surface area (Å²) in [6.45, 7) is 0. The minimum absolute atomic E-state index is 0.0395. The van der Waals surface area contributed by atoms with E-state index in [4.69, 9.17) is 27.9 Å². The molecule has 1 unspecified atom stereocenters. The van der Waals surface area contributed by atoms with Gasteiger partial charge in [0.25, 0.3) is 0 Å². The summed E-state index contributed by atoms with van der Waals surface area (Å²) in [6, 6.07) is 9.76. The number of hydrogen-bond donors (Lipinski definition) is 0. The molecule has 0 N–H and O–H groups in total. The monoisotopic (exact) mass is 286 g/mol. The summed E-state index contributed by atoms with van der Waals surface area (Å²) < 4.78 is 5.14. The zero-order valence-electron chi connectivity index (χ0n) is 9.32. The van der Waals surface area contributed by atoms with Crippen molar-refractivity contribution in [2.75, 3.05) is 7.11 Å². The number of ether oxygens (including phenoxy) is 1. The minimum Gasteiger partial charge on any atom is -0.496 e. The third kappa shape index (κ3) is 3.38. The fourth-order valence-corrected chi connectivity index (χ4v) is 3.02. The molecule has 17 heavy (non-hydrogen) atoms. The van der Waals surface area contributed by atoms with Crippen molar-refractivity contribution in [3.05, 3.63) is 51.2 Å². The second kappa shape index (κ2) is 5.76. The Balaban J connectivity index is 2.08. The van der Waals surface area contributed by atoms with Crippen LogP contribution in [0.1, 0.15) is 15.8 Å². The molecular weight excluding hydrogens is 275 g/mol. The van der Waals surface area contributed by atoms with Crippen LogP contribution in [0.25, 0.3) is 0 Å². The van der Waals surface area contributed by atoms with E-state index in [1.54, 1.807) is 18.4 Å². The average Bonchev–Trinajstić information content (AvgIpc) is 2.77. The quantitative estimate of drug-likeness (QED) is 0.724. The van der Waals surface area contributed by atoms with E-state index in [9.17, 15) is 0 Å². The molecule has 0 aliphatic rings. The lowest BCUT2D eigenvalue weighted by Gasteiger charge is -2.07. The van der Waals surface area contributed by atoms with E-state index in [-0.39, 0.29) is 5.38 Å². The molecule has 0 spiro atoms. The van der Waals surface area contributed by atoms with Gasteiger partial charge in [0, 0.05) is 15.3 Å². The average molecular weight is 287 g/mol. The van der Waals surface area contributed by atoms with Crippen LogP contribution in [0.5, 0.6) is 5.75 Å². The maximum Gasteiger partial charge on any atom is 0.129 e. The molecule has 90 valence electrons. The number of rotatable bonds is 4. The second-order valence-electron chi connectivity index (χ2n) is 3.69. The van der Waals surface area contributed by atoms with E-state index in [0.717, 1.165) is 27.6 Å². The van der Waals surface area contributed by atoms with Crippen molar-refractivity contribution in [3.8, 4) is 5.75 Å². The predicted octanol–water partition coefficient (Wildman–Crippen LogP) is 4.93. The van der Waals surface area contributed by atoms with E-state index in [1.165, 1.54) is 0 Å². The lowest BCUT2D eigenvalue weighted by Crippen LogP contribution is -1.93. The van der Waals surface area contributed by atoms with Gasteiger partial charge < -0.3 is 4.74 Å². The smallest absolute Gasteiger partial charge is 0.129 e. The zero-order chi connectivity index (χ0) is 12.3. The summed E-state index contributed by atoms with van der Waals surface area (Å²) in [4.78, 5) is 1.11. The Morgan fingerprint density at radius 2 is 2.18 bits per heavy atom. The molecule has 1 atom stereocenters. The molecule has 0 saturated carbocycles. The van der Waals surface area contributed by atoms with Crippen molar-refractivity contribution in [3.63, 3.8) is 0 Å². The zero-order valence-corrected chi connectivity index (χ0v) is 11.6. The van der Waals surface area contributed by atoms with E-state index in [0.29, 0.717) is 0 Å². The summed E-state index contributed by atoms with van der Waals surface area (Å²) >= 11 is 13.9. The summed E-state index contributed by atoms with van der Waals surface area (Å²) in [5, 5.41) is 2.67. The molecule has 0 aliphatic heterocycles. The van der Waals surface area contributed by atoms with Crippen molar-refractivity contribution < 1.29 is 4.74 Å². The van der Waals surface area contributed by atoms with Crippen molar-refractivity contribution in [2.24, 2.45) is 0 Å². The van der Waals surface area contributed by atoms with E-state index < -0.39 is 0 Å². The Bertz CT molecular complexity index is 496. The molecule has 2 rings (SSSR count). The first-order chi connectivity index (χ1) is 8.19. The van der Waals surface area contributed by atoms with Gasteiger partial charge in [-0.1, -0.05) is 23.7 Å². The molecule has 1 aromatic carbocycles. The number of alkyl halides is 1. The molecule has 1 aromatic heterocycles. The van der Waals surface area contributed by atoms with Gasteiger partial charge in [-0.2, -0.15) is 0 Å². The van der Waals surface area contributed by atoms with E-state index in [2.05, 4.69) is 0 Å². The normalized spacial score (nSPS) is 12.4. The molecule has 0 bridgehead atoms. The summed E-state index contributed by atoms with van der Waals surface area (Å²) in [5.41, 5.74) is 1.14. The van der Waals surface area contributed by atoms with Gasteiger partial charge in [-0.3, -0.25) is 0 Å². The van der Waals surface area contributed by atoms with Crippen LogP contribution in [-0.2, 0) is 6.42 Å². The fourth-order valence-electron chi connectivity index (χ4n) is 1.58. The van der Waals surface area contributed by atoms with Crippen LogP contribution in [0.3, 0.4) is 0 Å². The van der Waals surface area contributed by atoms with E-state index >= 15 is 0 Å². The first-order valence-electron chi connectivity index (χ1n) is 5.20. The summed E-state index contributed by atoms with van der Waals surface area (Å²) in [7, 11) is 1.66. The second-order valence-corrected chi connectivity index (χ2v) is 5.60. The van der Waals surface area contributed by atoms with Crippen LogP contribution in [0.4, 0.5) is 0 Å². The summed E-state index contributed by atoms with van der Waals surface area (Å²) in [6.07, 6.45) is 0.770. The van der Waals surface area contributed by atoms with Crippen LogP contribution in [0, 0.1) is 0 Å². The Morgan fingerprint density at radius 3 is 2.82 bits per heavy atom. The number of methoxy groups -OCH3 is 1. The van der Waals surface area contributed by atoms with Gasteiger partial charge in [0.15, 0.2) is 0 Å². The van der Waals surface area contributed by atoms with Gasteiger partial charge in [-0.25, -0.2) is 0 Å². The maximum atomic E-state index is 6.38. The Labute approximate surface area is 115 Å². The van der Waals surface area contributed by atoms with Crippen LogP contribution < -0.4 is 4.74 Å². The Morgan fingerprint density at radius 1 is 1.35 bits per heavy atom. The lowest BCUT2D eigenvalue weighted by molar-refractivity contribution is 0.416.